The van der Waals surface area contributed by atoms with Crippen molar-refractivity contribution in [1.82, 2.24) is 15.5 Å². The van der Waals surface area contributed by atoms with Crippen LogP contribution in [-0.4, -0.2) is 28.7 Å². The molecule has 0 bridgehead atoms. The van der Waals surface area contributed by atoms with Gasteiger partial charge in [-0.15, -0.1) is 10.2 Å². The fraction of sp³-hybridized carbons (Fsp3) is 0.786. The quantitative estimate of drug-likeness (QED) is 0.892. The number of fused-ring (bicyclic) bond motifs is 1. The first-order chi connectivity index (χ1) is 9.63. The molecule has 3 unspecified atom stereocenters. The van der Waals surface area contributed by atoms with Crippen molar-refractivity contribution in [2.75, 3.05) is 11.9 Å². The first kappa shape index (κ1) is 13.9. The molecule has 1 aromatic rings. The van der Waals surface area contributed by atoms with Gasteiger partial charge in [-0.3, -0.25) is 10.1 Å². The summed E-state index contributed by atoms with van der Waals surface area (Å²) in [5.74, 6) is 1.82. The maximum Gasteiger partial charge on any atom is 0.243 e. The van der Waals surface area contributed by atoms with Crippen molar-refractivity contribution in [3.63, 3.8) is 0 Å². The van der Waals surface area contributed by atoms with Gasteiger partial charge in [0, 0.05) is 6.42 Å². The zero-order chi connectivity index (χ0) is 14.1. The van der Waals surface area contributed by atoms with E-state index in [4.69, 9.17) is 0 Å². The smallest absolute Gasteiger partial charge is 0.243 e. The number of amides is 1. The van der Waals surface area contributed by atoms with Crippen molar-refractivity contribution >= 4 is 22.4 Å². The zero-order valence-corrected chi connectivity index (χ0v) is 12.9. The fourth-order valence-corrected chi connectivity index (χ4v) is 4.35. The molecule has 1 saturated heterocycles. The van der Waals surface area contributed by atoms with Crippen LogP contribution in [-0.2, 0) is 11.2 Å². The van der Waals surface area contributed by atoms with Crippen molar-refractivity contribution in [2.45, 2.75) is 45.6 Å². The minimum atomic E-state index is -0.0417. The van der Waals surface area contributed by atoms with E-state index in [0.29, 0.717) is 22.9 Å². The average Bonchev–Trinajstić information content (AvgIpc) is 3.03. The van der Waals surface area contributed by atoms with Gasteiger partial charge in [0.25, 0.3) is 0 Å². The lowest BCUT2D eigenvalue weighted by molar-refractivity contribution is -0.118. The Labute approximate surface area is 123 Å². The molecule has 3 rings (SSSR count). The molecule has 1 amide bonds. The van der Waals surface area contributed by atoms with Gasteiger partial charge in [0.2, 0.25) is 11.0 Å². The number of carbonyl (C=O) groups is 1. The van der Waals surface area contributed by atoms with Crippen LogP contribution in [0, 0.1) is 17.8 Å². The predicted molar refractivity (Wildman–Crippen MR) is 79.7 cm³/mol. The summed E-state index contributed by atoms with van der Waals surface area (Å²) in [5.41, 5.74) is 0. The third-order valence-electron chi connectivity index (χ3n) is 4.31. The molecule has 2 aliphatic rings. The van der Waals surface area contributed by atoms with Gasteiger partial charge in [-0.05, 0) is 37.1 Å². The number of aromatic nitrogens is 2. The summed E-state index contributed by atoms with van der Waals surface area (Å²) in [5, 5.41) is 16.1. The minimum absolute atomic E-state index is 0.0417. The summed E-state index contributed by atoms with van der Waals surface area (Å²) in [6.45, 7) is 5.29. The molecule has 1 saturated carbocycles. The van der Waals surface area contributed by atoms with Gasteiger partial charge in [-0.2, -0.15) is 0 Å². The number of nitrogens with zero attached hydrogens (tertiary/aromatic N) is 2. The van der Waals surface area contributed by atoms with Gasteiger partial charge in [0.1, 0.15) is 5.01 Å². The standard InChI is InChI=1S/C14H22N4OS/c1-8(2)6-11-17-18-14(20-11)16-13(19)12-10-5-3-4-9(10)7-15-12/h8-10,12,15H,3-7H2,1-2H3,(H,16,18,19). The molecular formula is C14H22N4OS. The first-order valence-electron chi connectivity index (χ1n) is 7.50. The third-order valence-corrected chi connectivity index (χ3v) is 5.17. The lowest BCUT2D eigenvalue weighted by Crippen LogP contribution is -2.39. The fourth-order valence-electron chi connectivity index (χ4n) is 3.39. The normalized spacial score (nSPS) is 28.9. The van der Waals surface area contributed by atoms with Crippen molar-refractivity contribution < 1.29 is 4.79 Å². The van der Waals surface area contributed by atoms with E-state index in [1.807, 2.05) is 0 Å². The van der Waals surface area contributed by atoms with E-state index in [-0.39, 0.29) is 11.9 Å². The van der Waals surface area contributed by atoms with Gasteiger partial charge in [0.05, 0.1) is 6.04 Å². The summed E-state index contributed by atoms with van der Waals surface area (Å²) in [6.07, 6.45) is 4.61. The summed E-state index contributed by atoms with van der Waals surface area (Å²) < 4.78 is 0. The van der Waals surface area contributed by atoms with E-state index < -0.39 is 0 Å². The number of nitrogens with one attached hydrogen (secondary N) is 2. The number of hydrogen-bond donors (Lipinski definition) is 2. The number of rotatable bonds is 4. The molecule has 110 valence electrons. The Morgan fingerprint density at radius 2 is 2.30 bits per heavy atom. The predicted octanol–water partition coefficient (Wildman–Crippen LogP) is 2.06. The molecule has 20 heavy (non-hydrogen) atoms. The molecule has 1 aromatic heterocycles. The monoisotopic (exact) mass is 294 g/mol. The number of hydrogen-bond acceptors (Lipinski definition) is 5. The maximum absolute atomic E-state index is 12.4. The summed E-state index contributed by atoms with van der Waals surface area (Å²) >= 11 is 1.49. The van der Waals surface area contributed by atoms with Crippen LogP contribution < -0.4 is 10.6 Å². The molecule has 1 aliphatic carbocycles. The van der Waals surface area contributed by atoms with Crippen LogP contribution in [0.25, 0.3) is 0 Å². The van der Waals surface area contributed by atoms with Crippen molar-refractivity contribution in [2.24, 2.45) is 17.8 Å². The van der Waals surface area contributed by atoms with Crippen LogP contribution in [0.5, 0.6) is 0 Å². The van der Waals surface area contributed by atoms with Crippen molar-refractivity contribution in [3.05, 3.63) is 5.01 Å². The maximum atomic E-state index is 12.4. The van der Waals surface area contributed by atoms with Gasteiger partial charge in [0.15, 0.2) is 0 Å². The molecule has 2 fully saturated rings. The first-order valence-corrected chi connectivity index (χ1v) is 8.31. The van der Waals surface area contributed by atoms with Crippen LogP contribution in [0.2, 0.25) is 0 Å². The van der Waals surface area contributed by atoms with Crippen molar-refractivity contribution in [3.8, 4) is 0 Å². The van der Waals surface area contributed by atoms with Gasteiger partial charge in [-0.25, -0.2) is 0 Å². The summed E-state index contributed by atoms with van der Waals surface area (Å²) in [6, 6.07) is -0.0417. The molecule has 1 aliphatic heterocycles. The second-order valence-corrected chi connectivity index (χ2v) is 7.39. The van der Waals surface area contributed by atoms with Crippen molar-refractivity contribution in [1.29, 1.82) is 0 Å². The molecule has 2 heterocycles. The van der Waals surface area contributed by atoms with Gasteiger partial charge in [-0.1, -0.05) is 31.6 Å². The Bertz CT molecular complexity index is 487. The second kappa shape index (κ2) is 5.77. The Kier molecular flexibility index (Phi) is 4.03. The minimum Gasteiger partial charge on any atom is -0.305 e. The summed E-state index contributed by atoms with van der Waals surface area (Å²) in [4.78, 5) is 12.4. The van der Waals surface area contributed by atoms with E-state index in [1.165, 1.54) is 30.6 Å². The largest absolute Gasteiger partial charge is 0.305 e. The third kappa shape index (κ3) is 2.86. The van der Waals surface area contributed by atoms with Crippen LogP contribution in [0.1, 0.15) is 38.1 Å². The van der Waals surface area contributed by atoms with Gasteiger partial charge < -0.3 is 5.32 Å². The van der Waals surface area contributed by atoms with Gasteiger partial charge >= 0.3 is 0 Å². The highest BCUT2D eigenvalue weighted by atomic mass is 32.1. The molecule has 6 heteroatoms. The Morgan fingerprint density at radius 1 is 1.45 bits per heavy atom. The zero-order valence-electron chi connectivity index (χ0n) is 12.1. The van der Waals surface area contributed by atoms with E-state index >= 15 is 0 Å². The van der Waals surface area contributed by atoms with E-state index in [0.717, 1.165) is 18.0 Å². The molecule has 2 N–H and O–H groups in total. The molecule has 0 radical (unpaired) electrons. The Balaban J connectivity index is 1.60. The highest BCUT2D eigenvalue weighted by Gasteiger charge is 2.42. The highest BCUT2D eigenvalue weighted by molar-refractivity contribution is 7.15. The van der Waals surface area contributed by atoms with Crippen LogP contribution in [0.15, 0.2) is 0 Å². The topological polar surface area (TPSA) is 66.9 Å². The van der Waals surface area contributed by atoms with Crippen LogP contribution in [0.3, 0.4) is 0 Å². The van der Waals surface area contributed by atoms with Crippen LogP contribution >= 0.6 is 11.3 Å². The SMILES string of the molecule is CC(C)Cc1nnc(NC(=O)C2NCC3CCCC32)s1. The summed E-state index contributed by atoms with van der Waals surface area (Å²) in [7, 11) is 0. The Morgan fingerprint density at radius 3 is 3.10 bits per heavy atom. The van der Waals surface area contributed by atoms with E-state index in [9.17, 15) is 4.79 Å². The molecular weight excluding hydrogens is 272 g/mol. The Hall–Kier alpha value is -1.01. The second-order valence-electron chi connectivity index (χ2n) is 6.33. The van der Waals surface area contributed by atoms with Crippen LogP contribution in [0.4, 0.5) is 5.13 Å². The molecule has 5 nitrogen and oxygen atoms in total. The van der Waals surface area contributed by atoms with E-state index in [1.54, 1.807) is 0 Å². The number of carbonyl (C=O) groups excluding carboxylic acids is 1. The lowest BCUT2D eigenvalue weighted by atomic mass is 9.94. The highest BCUT2D eigenvalue weighted by Crippen LogP contribution is 2.38. The number of anilines is 1. The average molecular weight is 294 g/mol. The van der Waals surface area contributed by atoms with E-state index in [2.05, 4.69) is 34.7 Å². The molecule has 0 spiro atoms. The molecule has 0 aromatic carbocycles. The lowest BCUT2D eigenvalue weighted by Gasteiger charge is -2.16. The molecule has 3 atom stereocenters.